The second-order valence-electron chi connectivity index (χ2n) is 5.71. The monoisotopic (exact) mass is 252 g/mol. The third-order valence-electron chi connectivity index (χ3n) is 4.22. The van der Waals surface area contributed by atoms with Crippen LogP contribution in [0.15, 0.2) is 48.5 Å². The van der Waals surface area contributed by atoms with E-state index in [0.29, 0.717) is 0 Å². The Balaban J connectivity index is 1.98. The molecular formula is C17H16O2. The molecular weight excluding hydrogens is 236 g/mol. The predicted octanol–water partition coefficient (Wildman–Crippen LogP) is 3.74. The maximum Gasteiger partial charge on any atom is 0.235 e. The highest BCUT2D eigenvalue weighted by Crippen LogP contribution is 2.52. The van der Waals surface area contributed by atoms with Crippen LogP contribution in [-0.4, -0.2) is 0 Å². The molecule has 2 bridgehead atoms. The van der Waals surface area contributed by atoms with Crippen molar-refractivity contribution in [3.63, 3.8) is 0 Å². The van der Waals surface area contributed by atoms with Crippen LogP contribution in [0, 0.1) is 0 Å². The summed E-state index contributed by atoms with van der Waals surface area (Å²) in [5.41, 5.74) is 3.29. The molecule has 0 amide bonds. The number of rotatable bonds is 0. The van der Waals surface area contributed by atoms with E-state index in [9.17, 15) is 0 Å². The number of benzene rings is 2. The molecule has 0 unspecified atom stereocenters. The minimum absolute atomic E-state index is 0.308. The highest BCUT2D eigenvalue weighted by Gasteiger charge is 2.50. The summed E-state index contributed by atoms with van der Waals surface area (Å²) in [6, 6.07) is 16.6. The Morgan fingerprint density at radius 1 is 0.895 bits per heavy atom. The van der Waals surface area contributed by atoms with Gasteiger partial charge in [-0.3, -0.25) is 0 Å². The van der Waals surface area contributed by atoms with E-state index in [4.69, 9.17) is 9.47 Å². The smallest absolute Gasteiger partial charge is 0.235 e. The second-order valence-corrected chi connectivity index (χ2v) is 5.71. The van der Waals surface area contributed by atoms with Crippen molar-refractivity contribution in [2.75, 3.05) is 0 Å². The minimum Gasteiger partial charge on any atom is -0.458 e. The SMILES string of the molecule is C[C@@]12Oc3ccccc3[C@@](C)(Cc3ccccc31)O2. The van der Waals surface area contributed by atoms with Gasteiger partial charge in [0.15, 0.2) is 0 Å². The molecule has 19 heavy (non-hydrogen) atoms. The first kappa shape index (κ1) is 11.1. The third kappa shape index (κ3) is 1.41. The molecule has 0 spiro atoms. The molecule has 2 aliphatic rings. The summed E-state index contributed by atoms with van der Waals surface area (Å²) in [4.78, 5) is 0. The van der Waals surface area contributed by atoms with Gasteiger partial charge in [0.05, 0.1) is 0 Å². The van der Waals surface area contributed by atoms with Gasteiger partial charge in [-0.2, -0.15) is 0 Å². The molecule has 2 atom stereocenters. The largest absolute Gasteiger partial charge is 0.458 e. The van der Waals surface area contributed by atoms with Crippen LogP contribution in [0.1, 0.15) is 30.5 Å². The van der Waals surface area contributed by atoms with Crippen molar-refractivity contribution < 1.29 is 9.47 Å². The fourth-order valence-corrected chi connectivity index (χ4v) is 3.43. The first-order valence-corrected chi connectivity index (χ1v) is 6.68. The van der Waals surface area contributed by atoms with Crippen molar-refractivity contribution in [3.05, 3.63) is 65.2 Å². The Kier molecular flexibility index (Phi) is 1.98. The third-order valence-corrected chi connectivity index (χ3v) is 4.22. The topological polar surface area (TPSA) is 18.5 Å². The molecule has 0 fully saturated rings. The van der Waals surface area contributed by atoms with E-state index in [-0.39, 0.29) is 5.60 Å². The summed E-state index contributed by atoms with van der Waals surface area (Å²) in [5.74, 6) is 0.256. The quantitative estimate of drug-likeness (QED) is 0.711. The number of hydrogen-bond acceptors (Lipinski definition) is 2. The number of fused-ring (bicyclic) bond motifs is 6. The first-order valence-electron chi connectivity index (χ1n) is 6.68. The van der Waals surface area contributed by atoms with Gasteiger partial charge >= 0.3 is 0 Å². The van der Waals surface area contributed by atoms with Crippen molar-refractivity contribution in [2.24, 2.45) is 0 Å². The first-order chi connectivity index (χ1) is 9.11. The van der Waals surface area contributed by atoms with Crippen LogP contribution in [0.4, 0.5) is 0 Å². The standard InChI is InChI=1S/C17H16O2/c1-16-11-12-7-3-4-8-13(12)17(2,19-16)18-15-10-6-5-9-14(15)16/h3-10H,11H2,1-2H3/t16-,17+/m1/s1. The molecule has 0 N–H and O–H groups in total. The van der Waals surface area contributed by atoms with E-state index in [1.807, 2.05) is 31.2 Å². The lowest BCUT2D eigenvalue weighted by molar-refractivity contribution is -0.275. The average Bonchev–Trinajstić information content (AvgIpc) is 2.38. The summed E-state index contributed by atoms with van der Waals surface area (Å²) < 4.78 is 12.5. The van der Waals surface area contributed by atoms with Gasteiger partial charge in [-0.05, 0) is 18.6 Å². The van der Waals surface area contributed by atoms with Crippen LogP contribution in [0.3, 0.4) is 0 Å². The van der Waals surface area contributed by atoms with Crippen LogP contribution in [-0.2, 0) is 22.5 Å². The van der Waals surface area contributed by atoms with Crippen molar-refractivity contribution in [2.45, 2.75) is 31.7 Å². The molecule has 2 heteroatoms. The molecule has 96 valence electrons. The molecule has 2 aromatic rings. The lowest BCUT2D eigenvalue weighted by Gasteiger charge is -2.50. The van der Waals surface area contributed by atoms with Gasteiger partial charge in [0.2, 0.25) is 5.79 Å². The zero-order valence-corrected chi connectivity index (χ0v) is 11.1. The summed E-state index contributed by atoms with van der Waals surface area (Å²) in [6.07, 6.45) is 0.888. The minimum atomic E-state index is -0.683. The molecule has 0 saturated heterocycles. The Labute approximate surface area is 113 Å². The van der Waals surface area contributed by atoms with E-state index < -0.39 is 5.79 Å². The molecule has 0 radical (unpaired) electrons. The van der Waals surface area contributed by atoms with Crippen molar-refractivity contribution >= 4 is 0 Å². The number of hydrogen-bond donors (Lipinski definition) is 0. The molecule has 0 aromatic heterocycles. The number of para-hydroxylation sites is 1. The highest BCUT2D eigenvalue weighted by atomic mass is 16.7. The van der Waals surface area contributed by atoms with Gasteiger partial charge in [-0.1, -0.05) is 42.5 Å². The zero-order chi connectivity index (χ0) is 13.1. The maximum atomic E-state index is 6.33. The van der Waals surface area contributed by atoms with Gasteiger partial charge in [-0.25, -0.2) is 0 Å². The molecule has 2 aromatic carbocycles. The second kappa shape index (κ2) is 3.40. The maximum absolute atomic E-state index is 6.33. The van der Waals surface area contributed by atoms with E-state index in [1.54, 1.807) is 0 Å². The lowest BCUT2D eigenvalue weighted by Crippen LogP contribution is -2.50. The summed E-state index contributed by atoms with van der Waals surface area (Å²) in [6.45, 7) is 4.17. The Hall–Kier alpha value is -1.80. The summed E-state index contributed by atoms with van der Waals surface area (Å²) in [7, 11) is 0. The summed E-state index contributed by atoms with van der Waals surface area (Å²) in [5, 5.41) is 0. The van der Waals surface area contributed by atoms with Crippen LogP contribution in [0.5, 0.6) is 5.75 Å². The molecule has 2 aliphatic heterocycles. The number of ether oxygens (including phenoxy) is 2. The van der Waals surface area contributed by atoms with Crippen LogP contribution < -0.4 is 4.74 Å². The van der Waals surface area contributed by atoms with Gasteiger partial charge in [0.25, 0.3) is 0 Å². The molecule has 4 rings (SSSR count). The summed E-state index contributed by atoms with van der Waals surface area (Å²) >= 11 is 0. The van der Waals surface area contributed by atoms with E-state index in [2.05, 4.69) is 31.2 Å². The van der Waals surface area contributed by atoms with E-state index >= 15 is 0 Å². The predicted molar refractivity (Wildman–Crippen MR) is 73.0 cm³/mol. The van der Waals surface area contributed by atoms with Crippen LogP contribution >= 0.6 is 0 Å². The molecule has 0 aliphatic carbocycles. The lowest BCUT2D eigenvalue weighted by atomic mass is 9.80. The molecule has 2 heterocycles. The Morgan fingerprint density at radius 3 is 2.42 bits per heavy atom. The Morgan fingerprint density at radius 2 is 1.58 bits per heavy atom. The fourth-order valence-electron chi connectivity index (χ4n) is 3.43. The van der Waals surface area contributed by atoms with E-state index in [1.165, 1.54) is 5.56 Å². The van der Waals surface area contributed by atoms with Crippen molar-refractivity contribution in [1.29, 1.82) is 0 Å². The molecule has 2 nitrogen and oxygen atoms in total. The van der Waals surface area contributed by atoms with Gasteiger partial charge in [0, 0.05) is 24.5 Å². The van der Waals surface area contributed by atoms with Crippen molar-refractivity contribution in [1.82, 2.24) is 0 Å². The normalized spacial score (nSPS) is 31.1. The molecule has 0 saturated carbocycles. The highest BCUT2D eigenvalue weighted by molar-refractivity contribution is 5.46. The van der Waals surface area contributed by atoms with Gasteiger partial charge in [-0.15, -0.1) is 0 Å². The fraction of sp³-hybridized carbons (Fsp3) is 0.294. The van der Waals surface area contributed by atoms with Gasteiger partial charge < -0.3 is 9.47 Å². The van der Waals surface area contributed by atoms with Crippen LogP contribution in [0.25, 0.3) is 0 Å². The van der Waals surface area contributed by atoms with Crippen LogP contribution in [0.2, 0.25) is 0 Å². The average molecular weight is 252 g/mol. The van der Waals surface area contributed by atoms with Gasteiger partial charge in [0.1, 0.15) is 11.4 Å². The Bertz CT molecular complexity index is 606. The zero-order valence-electron chi connectivity index (χ0n) is 11.1. The van der Waals surface area contributed by atoms with E-state index in [0.717, 1.165) is 23.3 Å². The van der Waals surface area contributed by atoms with Crippen molar-refractivity contribution in [3.8, 4) is 5.75 Å².